The first kappa shape index (κ1) is 30.9. The minimum absolute atomic E-state index is 0.0890. The third kappa shape index (κ3) is 8.10. The highest BCUT2D eigenvalue weighted by atomic mass is 35.5. The van der Waals surface area contributed by atoms with Crippen LogP contribution < -0.4 is 19.6 Å². The highest BCUT2D eigenvalue weighted by molar-refractivity contribution is 6.30. The molecule has 0 fully saturated rings. The molecule has 2 aromatic heterocycles. The Morgan fingerprint density at radius 2 is 1.60 bits per heavy atom. The number of aromatic nitrogens is 1. The van der Waals surface area contributed by atoms with E-state index in [1.54, 1.807) is 60.7 Å². The number of halogens is 1. The molecule has 0 bridgehead atoms. The van der Waals surface area contributed by atoms with Gasteiger partial charge in [0.25, 0.3) is 0 Å². The van der Waals surface area contributed by atoms with Crippen molar-refractivity contribution in [3.05, 3.63) is 136 Å². The number of carbonyl (C=O) groups excluding carboxylic acids is 2. The molecule has 0 aliphatic heterocycles. The Balaban J connectivity index is 1.11. The van der Waals surface area contributed by atoms with E-state index in [9.17, 15) is 9.59 Å². The molecule has 0 radical (unpaired) electrons. The van der Waals surface area contributed by atoms with Crippen molar-refractivity contribution >= 4 is 35.8 Å². The molecule has 3 aromatic carbocycles. The van der Waals surface area contributed by atoms with Crippen LogP contribution in [0.4, 0.5) is 0 Å². The summed E-state index contributed by atoms with van der Waals surface area (Å²) < 4.78 is 24.4. The molecule has 1 amide bonds. The normalized spacial score (nSPS) is 11.2. The maximum atomic E-state index is 12.5. The van der Waals surface area contributed by atoms with Crippen LogP contribution in [0.3, 0.4) is 0 Å². The number of aryl methyl sites for hydroxylation is 2. The molecule has 45 heavy (non-hydrogen) atoms. The van der Waals surface area contributed by atoms with Crippen LogP contribution in [0.5, 0.6) is 17.2 Å². The second-order valence-electron chi connectivity index (χ2n) is 9.92. The van der Waals surface area contributed by atoms with Crippen LogP contribution in [0.2, 0.25) is 5.02 Å². The largest absolute Gasteiger partial charge is 0.493 e. The van der Waals surface area contributed by atoms with Gasteiger partial charge in [0.1, 0.15) is 18.1 Å². The van der Waals surface area contributed by atoms with Gasteiger partial charge in [-0.3, -0.25) is 4.79 Å². The van der Waals surface area contributed by atoms with Crippen molar-refractivity contribution < 1.29 is 28.2 Å². The lowest BCUT2D eigenvalue weighted by molar-refractivity contribution is -0.129. The van der Waals surface area contributed by atoms with E-state index in [4.69, 9.17) is 30.2 Å². The number of benzene rings is 3. The van der Waals surface area contributed by atoms with Gasteiger partial charge in [0.05, 0.1) is 13.3 Å². The summed E-state index contributed by atoms with van der Waals surface area (Å²) in [5.41, 5.74) is 7.20. The molecule has 5 rings (SSSR count). The van der Waals surface area contributed by atoms with Gasteiger partial charge in [-0.25, -0.2) is 10.2 Å². The number of rotatable bonds is 11. The Morgan fingerprint density at radius 3 is 2.31 bits per heavy atom. The lowest BCUT2D eigenvalue weighted by Gasteiger charge is -2.10. The molecule has 0 aliphatic carbocycles. The Hall–Kier alpha value is -5.54. The van der Waals surface area contributed by atoms with Gasteiger partial charge < -0.3 is 23.2 Å². The Labute approximate surface area is 265 Å². The van der Waals surface area contributed by atoms with Gasteiger partial charge in [0.15, 0.2) is 17.3 Å². The number of ether oxygens (including phenoxy) is 3. The second kappa shape index (κ2) is 14.3. The van der Waals surface area contributed by atoms with Gasteiger partial charge in [0, 0.05) is 28.2 Å². The number of esters is 1. The highest BCUT2D eigenvalue weighted by Crippen LogP contribution is 2.28. The quantitative estimate of drug-likeness (QED) is 0.0544. The first-order valence-corrected chi connectivity index (χ1v) is 14.3. The monoisotopic (exact) mass is 623 g/mol. The molecule has 0 aliphatic rings. The zero-order valence-electron chi connectivity index (χ0n) is 24.8. The summed E-state index contributed by atoms with van der Waals surface area (Å²) in [6.45, 7) is 4.28. The molecule has 228 valence electrons. The lowest BCUT2D eigenvalue weighted by Crippen LogP contribution is -2.16. The summed E-state index contributed by atoms with van der Waals surface area (Å²) in [4.78, 5) is 24.8. The molecule has 1 N–H and O–H groups in total. The smallest absolute Gasteiger partial charge is 0.336 e. The van der Waals surface area contributed by atoms with Crippen LogP contribution in [0.15, 0.2) is 107 Å². The minimum atomic E-state index is -0.573. The zero-order valence-corrected chi connectivity index (χ0v) is 25.6. The molecule has 0 spiro atoms. The molecule has 10 heteroatoms. The van der Waals surface area contributed by atoms with Gasteiger partial charge in [-0.1, -0.05) is 23.7 Å². The summed E-state index contributed by atoms with van der Waals surface area (Å²) in [6, 6.07) is 27.0. The van der Waals surface area contributed by atoms with Crippen molar-refractivity contribution in [1.82, 2.24) is 9.99 Å². The summed E-state index contributed by atoms with van der Waals surface area (Å²) in [5, 5.41) is 4.60. The van der Waals surface area contributed by atoms with Gasteiger partial charge in [-0.05, 0) is 110 Å². The molecule has 0 saturated carbocycles. The van der Waals surface area contributed by atoms with E-state index in [2.05, 4.69) is 41.1 Å². The van der Waals surface area contributed by atoms with E-state index >= 15 is 0 Å². The number of nitrogens with zero attached hydrogens (tertiary/aromatic N) is 2. The second-order valence-corrected chi connectivity index (χ2v) is 10.4. The van der Waals surface area contributed by atoms with Gasteiger partial charge in [-0.2, -0.15) is 5.10 Å². The van der Waals surface area contributed by atoms with E-state index in [1.807, 2.05) is 24.3 Å². The van der Waals surface area contributed by atoms with Crippen molar-refractivity contribution in [2.75, 3.05) is 7.11 Å². The molecule has 0 unspecified atom stereocenters. The third-order valence-electron chi connectivity index (χ3n) is 6.69. The summed E-state index contributed by atoms with van der Waals surface area (Å²) >= 11 is 5.88. The van der Waals surface area contributed by atoms with Crippen LogP contribution in [0, 0.1) is 13.8 Å². The first-order chi connectivity index (χ1) is 21.8. The van der Waals surface area contributed by atoms with Crippen molar-refractivity contribution in [2.45, 2.75) is 20.5 Å². The van der Waals surface area contributed by atoms with Gasteiger partial charge >= 0.3 is 11.9 Å². The maximum absolute atomic E-state index is 12.5. The minimum Gasteiger partial charge on any atom is -0.493 e. The van der Waals surface area contributed by atoms with Crippen LogP contribution in [-0.4, -0.2) is 29.8 Å². The highest BCUT2D eigenvalue weighted by Gasteiger charge is 2.12. The number of carbonyl (C=O) groups is 2. The predicted molar refractivity (Wildman–Crippen MR) is 172 cm³/mol. The predicted octanol–water partition coefficient (Wildman–Crippen LogP) is 7.31. The maximum Gasteiger partial charge on any atom is 0.336 e. The van der Waals surface area contributed by atoms with Crippen molar-refractivity contribution in [2.24, 2.45) is 5.10 Å². The summed E-state index contributed by atoms with van der Waals surface area (Å²) in [7, 11) is 1.46. The Morgan fingerprint density at radius 1 is 0.889 bits per heavy atom. The van der Waals surface area contributed by atoms with Crippen molar-refractivity contribution in [3.63, 3.8) is 0 Å². The fraction of sp³-hybridized carbons (Fsp3) is 0.114. The standard InChI is InChI=1S/C35H30ClN3O6/c1-23-4-5-24(2)39(23)28-12-14-29(15-13-28)43-22-30-16-18-32(44-30)35(41)38-37-21-26-8-17-31(33(20-26)42-3)45-34(40)19-9-25-6-10-27(36)11-7-25/h4-21H,22H2,1-3H3,(H,38,41)/b19-9+,37-21+. The van der Waals surface area contributed by atoms with Crippen LogP contribution in [-0.2, 0) is 11.4 Å². The lowest BCUT2D eigenvalue weighted by atomic mass is 10.2. The van der Waals surface area contributed by atoms with E-state index in [-0.39, 0.29) is 18.1 Å². The molecule has 9 nitrogen and oxygen atoms in total. The average molecular weight is 624 g/mol. The Bertz CT molecular complexity index is 1830. The number of hydrogen-bond donors (Lipinski definition) is 1. The Kier molecular flexibility index (Phi) is 9.81. The number of nitrogens with one attached hydrogen (secondary N) is 1. The van der Waals surface area contributed by atoms with Gasteiger partial charge in [0.2, 0.25) is 0 Å². The fourth-order valence-corrected chi connectivity index (χ4v) is 4.58. The molecular formula is C35H30ClN3O6. The van der Waals surface area contributed by atoms with Crippen LogP contribution >= 0.6 is 11.6 Å². The third-order valence-corrected chi connectivity index (χ3v) is 6.94. The number of amides is 1. The van der Waals surface area contributed by atoms with E-state index in [0.29, 0.717) is 27.8 Å². The van der Waals surface area contributed by atoms with Crippen LogP contribution in [0.25, 0.3) is 11.8 Å². The topological polar surface area (TPSA) is 104 Å². The summed E-state index contributed by atoms with van der Waals surface area (Å²) in [5.74, 6) is 0.712. The zero-order chi connectivity index (χ0) is 31.8. The first-order valence-electron chi connectivity index (χ1n) is 13.9. The number of hydrazone groups is 1. The van der Waals surface area contributed by atoms with E-state index in [0.717, 1.165) is 22.6 Å². The SMILES string of the molecule is COc1cc(/C=N/NC(=O)c2ccc(COc3ccc(-n4c(C)ccc4C)cc3)o2)ccc1OC(=O)/C=C/c1ccc(Cl)cc1. The molecular weight excluding hydrogens is 594 g/mol. The number of furan rings is 1. The average Bonchev–Trinajstić information content (AvgIpc) is 3.66. The van der Waals surface area contributed by atoms with Crippen molar-refractivity contribution in [1.29, 1.82) is 0 Å². The molecule has 5 aromatic rings. The van der Waals surface area contributed by atoms with E-state index < -0.39 is 11.9 Å². The van der Waals surface area contributed by atoms with E-state index in [1.165, 1.54) is 19.4 Å². The molecule has 0 saturated heterocycles. The molecule has 0 atom stereocenters. The van der Waals surface area contributed by atoms with Gasteiger partial charge in [-0.15, -0.1) is 0 Å². The summed E-state index contributed by atoms with van der Waals surface area (Å²) in [6.07, 6.45) is 4.36. The number of hydrogen-bond acceptors (Lipinski definition) is 7. The molecule has 2 heterocycles. The number of methoxy groups -OCH3 is 1. The fourth-order valence-electron chi connectivity index (χ4n) is 4.45. The van der Waals surface area contributed by atoms with Crippen LogP contribution in [0.1, 0.15) is 38.8 Å². The van der Waals surface area contributed by atoms with Crippen molar-refractivity contribution in [3.8, 4) is 22.9 Å².